The van der Waals surface area contributed by atoms with Gasteiger partial charge in [0.25, 0.3) is 0 Å². The zero-order valence-electron chi connectivity index (χ0n) is 15.7. The number of carbonyl (C=O) groups is 1. The van der Waals surface area contributed by atoms with Gasteiger partial charge in [0.15, 0.2) is 5.82 Å². The van der Waals surface area contributed by atoms with E-state index in [-0.39, 0.29) is 19.0 Å². The Morgan fingerprint density at radius 2 is 1.77 bits per heavy atom. The van der Waals surface area contributed by atoms with Crippen LogP contribution in [0.3, 0.4) is 0 Å². The molecule has 0 spiro atoms. The molecule has 154 valence electrons. The SMILES string of the molecule is C#CCn1c(-c2ccc(Cl)cc2)nn(CC(=O)NCCc2c(Cl)cccc2Cl)c1=O. The van der Waals surface area contributed by atoms with Crippen LogP contribution >= 0.6 is 34.8 Å². The number of carbonyl (C=O) groups excluding carboxylic acids is 1. The predicted molar refractivity (Wildman–Crippen MR) is 119 cm³/mol. The molecular formula is C21H17Cl3N4O2. The standard InChI is InChI=1S/C21H17Cl3N4O2/c1-2-12-27-20(14-6-8-15(22)9-7-14)26-28(21(27)30)13-19(29)25-11-10-16-17(23)4-3-5-18(16)24/h1,3-9H,10-13H2,(H,25,29). The molecule has 1 aromatic heterocycles. The van der Waals surface area contributed by atoms with Gasteiger partial charge in [0.1, 0.15) is 6.54 Å². The monoisotopic (exact) mass is 462 g/mol. The summed E-state index contributed by atoms with van der Waals surface area (Å²) >= 11 is 18.2. The lowest BCUT2D eigenvalue weighted by Crippen LogP contribution is -2.34. The van der Waals surface area contributed by atoms with E-state index in [0.29, 0.717) is 39.4 Å². The minimum Gasteiger partial charge on any atom is -0.354 e. The fourth-order valence-corrected chi connectivity index (χ4v) is 3.59. The van der Waals surface area contributed by atoms with Gasteiger partial charge in [0, 0.05) is 27.2 Å². The Morgan fingerprint density at radius 3 is 2.40 bits per heavy atom. The van der Waals surface area contributed by atoms with Crippen molar-refractivity contribution in [2.45, 2.75) is 19.5 Å². The van der Waals surface area contributed by atoms with E-state index in [4.69, 9.17) is 41.2 Å². The molecule has 0 fully saturated rings. The Kier molecular flexibility index (Phi) is 7.22. The summed E-state index contributed by atoms with van der Waals surface area (Å²) in [5.74, 6) is 2.43. The van der Waals surface area contributed by atoms with Gasteiger partial charge in [0.05, 0.1) is 6.54 Å². The van der Waals surface area contributed by atoms with Gasteiger partial charge in [-0.25, -0.2) is 9.48 Å². The van der Waals surface area contributed by atoms with E-state index in [1.54, 1.807) is 42.5 Å². The molecule has 1 amide bonds. The highest BCUT2D eigenvalue weighted by molar-refractivity contribution is 6.36. The van der Waals surface area contributed by atoms with Gasteiger partial charge in [-0.1, -0.05) is 46.8 Å². The fraction of sp³-hybridized carbons (Fsp3) is 0.190. The molecule has 0 aliphatic heterocycles. The van der Waals surface area contributed by atoms with E-state index in [2.05, 4.69) is 16.3 Å². The summed E-state index contributed by atoms with van der Waals surface area (Å²) in [6.45, 7) is 0.100. The largest absolute Gasteiger partial charge is 0.354 e. The minimum absolute atomic E-state index is 0.0312. The van der Waals surface area contributed by atoms with Crippen LogP contribution in [0.5, 0.6) is 0 Å². The fourth-order valence-electron chi connectivity index (χ4n) is 2.88. The lowest BCUT2D eigenvalue weighted by atomic mass is 10.1. The summed E-state index contributed by atoms with van der Waals surface area (Å²) in [6, 6.07) is 12.1. The number of hydrogen-bond donors (Lipinski definition) is 1. The van der Waals surface area contributed by atoms with Crippen LogP contribution in [-0.2, 0) is 24.3 Å². The Hall–Kier alpha value is -2.72. The first kappa shape index (κ1) is 22.0. The molecule has 0 saturated heterocycles. The molecule has 0 aliphatic rings. The van der Waals surface area contributed by atoms with Crippen LogP contribution in [0.1, 0.15) is 5.56 Å². The third-order valence-electron chi connectivity index (χ3n) is 4.33. The second-order valence-electron chi connectivity index (χ2n) is 6.36. The van der Waals surface area contributed by atoms with Gasteiger partial charge in [-0.15, -0.1) is 11.5 Å². The van der Waals surface area contributed by atoms with Crippen LogP contribution in [0.25, 0.3) is 11.4 Å². The van der Waals surface area contributed by atoms with Gasteiger partial charge in [0.2, 0.25) is 5.91 Å². The van der Waals surface area contributed by atoms with Crippen LogP contribution < -0.4 is 11.0 Å². The molecule has 6 nitrogen and oxygen atoms in total. The Bertz CT molecular complexity index is 1140. The molecule has 1 N–H and O–H groups in total. The summed E-state index contributed by atoms with van der Waals surface area (Å²) in [5.41, 5.74) is 0.947. The quantitative estimate of drug-likeness (QED) is 0.544. The maximum atomic E-state index is 12.7. The number of benzene rings is 2. The number of amides is 1. The van der Waals surface area contributed by atoms with Crippen molar-refractivity contribution in [3.8, 4) is 23.7 Å². The van der Waals surface area contributed by atoms with Crippen LogP contribution in [0.2, 0.25) is 15.1 Å². The zero-order chi connectivity index (χ0) is 21.7. The van der Waals surface area contributed by atoms with Crippen molar-refractivity contribution in [3.05, 3.63) is 73.6 Å². The smallest absolute Gasteiger partial charge is 0.347 e. The molecule has 1 heterocycles. The molecule has 0 unspecified atom stereocenters. The molecule has 9 heteroatoms. The predicted octanol–water partition coefficient (Wildman–Crippen LogP) is 3.66. The highest BCUT2D eigenvalue weighted by Gasteiger charge is 2.16. The van der Waals surface area contributed by atoms with Crippen molar-refractivity contribution in [2.24, 2.45) is 0 Å². The highest BCUT2D eigenvalue weighted by atomic mass is 35.5. The maximum Gasteiger partial charge on any atom is 0.347 e. The number of terminal acetylenes is 1. The average molecular weight is 464 g/mol. The van der Waals surface area contributed by atoms with Crippen molar-refractivity contribution >= 4 is 40.7 Å². The number of nitrogens with one attached hydrogen (secondary N) is 1. The molecule has 3 rings (SSSR count). The molecule has 0 saturated carbocycles. The van der Waals surface area contributed by atoms with Gasteiger partial charge >= 0.3 is 5.69 Å². The molecule has 0 bridgehead atoms. The summed E-state index contributed by atoms with van der Waals surface area (Å²) in [7, 11) is 0. The first-order valence-corrected chi connectivity index (χ1v) is 10.1. The van der Waals surface area contributed by atoms with Crippen molar-refractivity contribution in [3.63, 3.8) is 0 Å². The summed E-state index contributed by atoms with van der Waals surface area (Å²) in [5, 5.41) is 8.66. The number of halogens is 3. The van der Waals surface area contributed by atoms with Crippen LogP contribution in [0.4, 0.5) is 0 Å². The average Bonchev–Trinajstić information content (AvgIpc) is 3.01. The molecule has 0 radical (unpaired) electrons. The minimum atomic E-state index is -0.470. The lowest BCUT2D eigenvalue weighted by Gasteiger charge is -2.08. The van der Waals surface area contributed by atoms with Crippen LogP contribution in [-0.4, -0.2) is 26.8 Å². The zero-order valence-corrected chi connectivity index (χ0v) is 18.0. The summed E-state index contributed by atoms with van der Waals surface area (Å²) in [6.07, 6.45) is 5.85. The third kappa shape index (κ3) is 5.06. The molecule has 2 aromatic carbocycles. The molecular weight excluding hydrogens is 447 g/mol. The van der Waals surface area contributed by atoms with Crippen molar-refractivity contribution < 1.29 is 4.79 Å². The van der Waals surface area contributed by atoms with Crippen molar-refractivity contribution in [1.29, 1.82) is 0 Å². The van der Waals surface area contributed by atoms with Crippen molar-refractivity contribution in [1.82, 2.24) is 19.7 Å². The molecule has 3 aromatic rings. The molecule has 0 atom stereocenters. The first-order valence-electron chi connectivity index (χ1n) is 8.97. The second-order valence-corrected chi connectivity index (χ2v) is 7.61. The number of aromatic nitrogens is 3. The number of hydrogen-bond acceptors (Lipinski definition) is 3. The first-order chi connectivity index (χ1) is 14.4. The van der Waals surface area contributed by atoms with Crippen LogP contribution in [0, 0.1) is 12.3 Å². The van der Waals surface area contributed by atoms with Gasteiger partial charge in [-0.3, -0.25) is 9.36 Å². The third-order valence-corrected chi connectivity index (χ3v) is 5.29. The second kappa shape index (κ2) is 9.86. The molecule has 30 heavy (non-hydrogen) atoms. The van der Waals surface area contributed by atoms with E-state index >= 15 is 0 Å². The lowest BCUT2D eigenvalue weighted by molar-refractivity contribution is -0.121. The normalized spacial score (nSPS) is 10.6. The highest BCUT2D eigenvalue weighted by Crippen LogP contribution is 2.24. The summed E-state index contributed by atoms with van der Waals surface area (Å²) < 4.78 is 2.42. The number of nitrogens with zero attached hydrogens (tertiary/aromatic N) is 3. The van der Waals surface area contributed by atoms with E-state index in [1.165, 1.54) is 4.57 Å². The van der Waals surface area contributed by atoms with Crippen LogP contribution in [0.15, 0.2) is 47.3 Å². The van der Waals surface area contributed by atoms with Gasteiger partial charge in [-0.2, -0.15) is 0 Å². The number of rotatable bonds is 7. The van der Waals surface area contributed by atoms with E-state index < -0.39 is 5.69 Å². The Balaban J connectivity index is 1.72. The van der Waals surface area contributed by atoms with Gasteiger partial charge in [-0.05, 0) is 48.4 Å². The van der Waals surface area contributed by atoms with E-state index in [9.17, 15) is 9.59 Å². The molecule has 0 aliphatic carbocycles. The Morgan fingerprint density at radius 1 is 1.10 bits per heavy atom. The van der Waals surface area contributed by atoms with E-state index in [0.717, 1.165) is 10.2 Å². The van der Waals surface area contributed by atoms with Gasteiger partial charge < -0.3 is 5.32 Å². The summed E-state index contributed by atoms with van der Waals surface area (Å²) in [4.78, 5) is 25.0. The Labute approximate surface area is 188 Å². The maximum absolute atomic E-state index is 12.7. The van der Waals surface area contributed by atoms with E-state index in [1.807, 2.05) is 0 Å². The topological polar surface area (TPSA) is 68.9 Å². The van der Waals surface area contributed by atoms with Crippen molar-refractivity contribution in [2.75, 3.05) is 6.54 Å².